The van der Waals surface area contributed by atoms with Gasteiger partial charge in [0.2, 0.25) is 5.60 Å². The Kier molecular flexibility index (Phi) is 6.40. The lowest BCUT2D eigenvalue weighted by Crippen LogP contribution is -2.53. The summed E-state index contributed by atoms with van der Waals surface area (Å²) >= 11 is 0. The minimum Gasteiger partial charge on any atom is -0.493 e. The number of nitrogens with zero attached hydrogens (tertiary/aromatic N) is 1. The van der Waals surface area contributed by atoms with Gasteiger partial charge >= 0.3 is 5.97 Å². The Morgan fingerprint density at radius 2 is 1.58 bits per heavy atom. The van der Waals surface area contributed by atoms with Gasteiger partial charge in [0.15, 0.2) is 0 Å². The van der Waals surface area contributed by atoms with Gasteiger partial charge in [0, 0.05) is 29.4 Å². The third-order valence-electron chi connectivity index (χ3n) is 8.83. The summed E-state index contributed by atoms with van der Waals surface area (Å²) in [4.78, 5) is 13.8. The summed E-state index contributed by atoms with van der Waals surface area (Å²) in [6.45, 7) is 1.67. The highest BCUT2D eigenvalue weighted by Crippen LogP contribution is 2.52. The molecule has 0 spiro atoms. The van der Waals surface area contributed by atoms with E-state index in [-0.39, 0.29) is 12.0 Å². The number of fused-ring (bicyclic) bond motifs is 4. The van der Waals surface area contributed by atoms with Crippen LogP contribution in [0, 0.1) is 11.8 Å². The molecule has 1 heterocycles. The SMILES string of the molecule is C[N+](C)(CCCOc1ccccc1)C1C2CCC1C(OC(=O)C1(O)c3ccccc3Oc3ccccc31)C2. The summed E-state index contributed by atoms with van der Waals surface area (Å²) in [7, 11) is 4.59. The van der Waals surface area contributed by atoms with Crippen LogP contribution in [0.4, 0.5) is 0 Å². The van der Waals surface area contributed by atoms with Crippen LogP contribution in [0.3, 0.4) is 0 Å². The second-order valence-electron chi connectivity index (χ2n) is 11.5. The Hall–Kier alpha value is -3.35. The lowest BCUT2D eigenvalue weighted by molar-refractivity contribution is -0.919. The van der Waals surface area contributed by atoms with Gasteiger partial charge in [-0.15, -0.1) is 0 Å². The van der Waals surface area contributed by atoms with Crippen LogP contribution in [-0.4, -0.2) is 55.0 Å². The molecule has 6 nitrogen and oxygen atoms in total. The van der Waals surface area contributed by atoms with Gasteiger partial charge in [0.1, 0.15) is 23.4 Å². The highest BCUT2D eigenvalue weighted by atomic mass is 16.6. The zero-order valence-electron chi connectivity index (χ0n) is 22.1. The van der Waals surface area contributed by atoms with E-state index >= 15 is 0 Å². The summed E-state index contributed by atoms with van der Waals surface area (Å²) < 4.78 is 19.0. The van der Waals surface area contributed by atoms with Crippen molar-refractivity contribution in [1.82, 2.24) is 0 Å². The molecule has 3 aliphatic rings. The second kappa shape index (κ2) is 9.75. The van der Waals surface area contributed by atoms with Crippen LogP contribution in [0.15, 0.2) is 78.9 Å². The predicted octanol–water partition coefficient (Wildman–Crippen LogP) is 5.28. The molecule has 38 heavy (non-hydrogen) atoms. The first kappa shape index (κ1) is 25.0. The zero-order chi connectivity index (χ0) is 26.3. The van der Waals surface area contributed by atoms with Gasteiger partial charge in [0.25, 0.3) is 0 Å². The van der Waals surface area contributed by atoms with Crippen molar-refractivity contribution in [2.75, 3.05) is 27.2 Å². The molecule has 2 fully saturated rings. The van der Waals surface area contributed by atoms with E-state index in [1.807, 2.05) is 54.6 Å². The molecule has 2 aliphatic carbocycles. The van der Waals surface area contributed by atoms with Crippen LogP contribution in [0.25, 0.3) is 0 Å². The van der Waals surface area contributed by atoms with E-state index in [4.69, 9.17) is 14.2 Å². The molecule has 3 aromatic rings. The smallest absolute Gasteiger partial charge is 0.348 e. The molecule has 6 heteroatoms. The van der Waals surface area contributed by atoms with Crippen molar-refractivity contribution in [1.29, 1.82) is 0 Å². The molecule has 0 amide bonds. The standard InChI is InChI=1S/C32H36NO5/c1-33(2,19-10-20-36-23-11-4-3-5-12-23)30-22-17-18-24(30)29(21-22)38-31(34)32(35)25-13-6-8-15-27(25)37-28-16-9-7-14-26(28)32/h3-9,11-16,22,24,29-30,35H,10,17-21H2,1-2H3/q+1. The number of quaternary nitrogens is 1. The summed E-state index contributed by atoms with van der Waals surface area (Å²) in [6, 6.07) is 24.7. The van der Waals surface area contributed by atoms with Gasteiger partial charge < -0.3 is 23.8 Å². The number of rotatable bonds is 8. The van der Waals surface area contributed by atoms with Gasteiger partial charge in [0.05, 0.1) is 33.3 Å². The number of para-hydroxylation sites is 3. The van der Waals surface area contributed by atoms with Crippen molar-refractivity contribution in [2.45, 2.75) is 43.4 Å². The van der Waals surface area contributed by atoms with Gasteiger partial charge in [-0.1, -0.05) is 54.6 Å². The molecule has 0 radical (unpaired) electrons. The summed E-state index contributed by atoms with van der Waals surface area (Å²) in [5, 5.41) is 12.0. The zero-order valence-corrected chi connectivity index (χ0v) is 22.1. The quantitative estimate of drug-likeness (QED) is 0.252. The number of carbonyl (C=O) groups excluding carboxylic acids is 1. The first-order valence-corrected chi connectivity index (χ1v) is 13.7. The molecule has 1 N–H and O–H groups in total. The number of hydrogen-bond donors (Lipinski definition) is 1. The average molecular weight is 515 g/mol. The van der Waals surface area contributed by atoms with Crippen molar-refractivity contribution >= 4 is 5.97 Å². The lowest BCUT2D eigenvalue weighted by atomic mass is 9.83. The summed E-state index contributed by atoms with van der Waals surface area (Å²) in [5.74, 6) is 2.03. The van der Waals surface area contributed by atoms with Crippen LogP contribution in [0.5, 0.6) is 17.2 Å². The Bertz CT molecular complexity index is 1260. The van der Waals surface area contributed by atoms with Crippen molar-refractivity contribution < 1.29 is 28.6 Å². The largest absolute Gasteiger partial charge is 0.493 e. The first-order valence-electron chi connectivity index (χ1n) is 13.7. The van der Waals surface area contributed by atoms with Crippen molar-refractivity contribution in [3.63, 3.8) is 0 Å². The van der Waals surface area contributed by atoms with Gasteiger partial charge in [-0.2, -0.15) is 0 Å². The lowest BCUT2D eigenvalue weighted by Gasteiger charge is -2.39. The van der Waals surface area contributed by atoms with Gasteiger partial charge in [-0.05, 0) is 43.5 Å². The van der Waals surface area contributed by atoms with E-state index < -0.39 is 11.6 Å². The second-order valence-corrected chi connectivity index (χ2v) is 11.5. The minimum atomic E-state index is -1.90. The van der Waals surface area contributed by atoms with Crippen molar-refractivity contribution in [3.8, 4) is 17.2 Å². The topological polar surface area (TPSA) is 65.0 Å². The van der Waals surface area contributed by atoms with E-state index in [0.29, 0.717) is 41.2 Å². The minimum absolute atomic E-state index is 0.199. The average Bonchev–Trinajstić information content (AvgIpc) is 3.51. The fourth-order valence-corrected chi connectivity index (χ4v) is 7.20. The highest BCUT2D eigenvalue weighted by molar-refractivity contribution is 5.88. The summed E-state index contributed by atoms with van der Waals surface area (Å²) in [6.07, 6.45) is 3.81. The molecule has 2 saturated carbocycles. The number of aliphatic hydroxyl groups is 1. The number of ether oxygens (including phenoxy) is 3. The number of benzene rings is 3. The van der Waals surface area contributed by atoms with E-state index in [1.54, 1.807) is 24.3 Å². The molecule has 2 bridgehead atoms. The third kappa shape index (κ3) is 4.26. The molecule has 0 aromatic heterocycles. The van der Waals surface area contributed by atoms with E-state index in [1.165, 1.54) is 0 Å². The Labute approximate surface area is 224 Å². The molecule has 198 valence electrons. The normalized spacial score (nSPS) is 24.7. The first-order chi connectivity index (χ1) is 18.4. The van der Waals surface area contributed by atoms with Crippen LogP contribution in [0.1, 0.15) is 36.8 Å². The van der Waals surface area contributed by atoms with E-state index in [9.17, 15) is 9.90 Å². The highest BCUT2D eigenvalue weighted by Gasteiger charge is 2.58. The molecule has 1 aliphatic heterocycles. The molecule has 4 unspecified atom stereocenters. The monoisotopic (exact) mass is 514 g/mol. The number of esters is 1. The summed E-state index contributed by atoms with van der Waals surface area (Å²) in [5.41, 5.74) is -1.04. The van der Waals surface area contributed by atoms with Crippen LogP contribution < -0.4 is 9.47 Å². The number of carbonyl (C=O) groups is 1. The maximum Gasteiger partial charge on any atom is 0.348 e. The van der Waals surface area contributed by atoms with Crippen LogP contribution in [0.2, 0.25) is 0 Å². The van der Waals surface area contributed by atoms with Crippen molar-refractivity contribution in [3.05, 3.63) is 90.0 Å². The molecular formula is C32H36NO5+. The number of hydrogen-bond acceptors (Lipinski definition) is 5. The van der Waals surface area contributed by atoms with Crippen LogP contribution in [-0.2, 0) is 15.1 Å². The molecule has 6 rings (SSSR count). The van der Waals surface area contributed by atoms with Crippen molar-refractivity contribution in [2.24, 2.45) is 11.8 Å². The maximum atomic E-state index is 13.8. The third-order valence-corrected chi connectivity index (χ3v) is 8.83. The van der Waals surface area contributed by atoms with Gasteiger partial charge in [-0.25, -0.2) is 4.79 Å². The molecule has 0 saturated heterocycles. The molecular weight excluding hydrogens is 478 g/mol. The Balaban J connectivity index is 1.16. The maximum absolute atomic E-state index is 13.8. The predicted molar refractivity (Wildman–Crippen MR) is 144 cm³/mol. The fraction of sp³-hybridized carbons (Fsp3) is 0.406. The Morgan fingerprint density at radius 1 is 0.947 bits per heavy atom. The Morgan fingerprint density at radius 3 is 2.26 bits per heavy atom. The molecule has 4 atom stereocenters. The van der Waals surface area contributed by atoms with E-state index in [0.717, 1.165) is 42.5 Å². The van der Waals surface area contributed by atoms with E-state index in [2.05, 4.69) is 14.1 Å². The van der Waals surface area contributed by atoms with Gasteiger partial charge in [-0.3, -0.25) is 0 Å². The molecule has 3 aromatic carbocycles. The fourth-order valence-electron chi connectivity index (χ4n) is 7.20. The van der Waals surface area contributed by atoms with Crippen LogP contribution >= 0.6 is 0 Å².